The Morgan fingerprint density at radius 2 is 2.27 bits per heavy atom. The molecule has 0 bridgehead atoms. The van der Waals surface area contributed by atoms with Crippen LogP contribution in [0.25, 0.3) is 0 Å². The van der Waals surface area contributed by atoms with Crippen molar-refractivity contribution in [3.63, 3.8) is 0 Å². The van der Waals surface area contributed by atoms with Gasteiger partial charge in [0.15, 0.2) is 0 Å². The molecule has 2 nitrogen and oxygen atoms in total. The van der Waals surface area contributed by atoms with E-state index in [1.54, 1.807) is 0 Å². The van der Waals surface area contributed by atoms with E-state index in [4.69, 9.17) is 0 Å². The average molecular weight is 205 g/mol. The molecular formula is C13H19NO. The van der Waals surface area contributed by atoms with E-state index in [0.717, 1.165) is 19.4 Å². The lowest BCUT2D eigenvalue weighted by atomic mass is 9.91. The van der Waals surface area contributed by atoms with Gasteiger partial charge in [0.2, 0.25) is 0 Å². The van der Waals surface area contributed by atoms with Gasteiger partial charge < -0.3 is 10.0 Å². The molecule has 1 heterocycles. The highest BCUT2D eigenvalue weighted by Crippen LogP contribution is 2.35. The summed E-state index contributed by atoms with van der Waals surface area (Å²) in [4.78, 5) is 2.30. The average Bonchev–Trinajstić information content (AvgIpc) is 2.39. The quantitative estimate of drug-likeness (QED) is 0.760. The lowest BCUT2D eigenvalue weighted by molar-refractivity contribution is 0.259. The van der Waals surface area contributed by atoms with Crippen LogP contribution in [0.2, 0.25) is 0 Å². The van der Waals surface area contributed by atoms with E-state index in [1.807, 2.05) is 0 Å². The number of hydrogen-bond acceptors (Lipinski definition) is 2. The molecule has 0 saturated heterocycles. The first-order valence-corrected chi connectivity index (χ1v) is 5.65. The zero-order chi connectivity index (χ0) is 10.8. The Kier molecular flexibility index (Phi) is 2.96. The number of benzene rings is 1. The lowest BCUT2D eigenvalue weighted by Gasteiger charge is -2.22. The van der Waals surface area contributed by atoms with E-state index in [2.05, 4.69) is 37.1 Å². The van der Waals surface area contributed by atoms with Gasteiger partial charge in [-0.2, -0.15) is 0 Å². The molecule has 0 amide bonds. The zero-order valence-electron chi connectivity index (χ0n) is 9.53. The van der Waals surface area contributed by atoms with Crippen LogP contribution in [-0.2, 0) is 0 Å². The first-order chi connectivity index (χ1) is 7.24. The Balaban J connectivity index is 2.51. The highest BCUT2D eigenvalue weighted by Gasteiger charge is 2.21. The van der Waals surface area contributed by atoms with Crippen LogP contribution in [0.5, 0.6) is 0 Å². The first kappa shape index (κ1) is 10.5. The minimum absolute atomic E-state index is 0.270. The topological polar surface area (TPSA) is 23.5 Å². The van der Waals surface area contributed by atoms with Crippen molar-refractivity contribution in [2.45, 2.75) is 25.7 Å². The number of anilines is 1. The van der Waals surface area contributed by atoms with Crippen LogP contribution in [0.4, 0.5) is 5.69 Å². The van der Waals surface area contributed by atoms with Crippen molar-refractivity contribution < 1.29 is 5.11 Å². The van der Waals surface area contributed by atoms with Gasteiger partial charge in [0.25, 0.3) is 0 Å². The van der Waals surface area contributed by atoms with Crippen molar-refractivity contribution in [3.05, 3.63) is 29.3 Å². The highest BCUT2D eigenvalue weighted by molar-refractivity contribution is 5.58. The molecule has 0 aromatic heterocycles. The monoisotopic (exact) mass is 205 g/mol. The van der Waals surface area contributed by atoms with Crippen LogP contribution >= 0.6 is 0 Å². The smallest absolute Gasteiger partial charge is 0.0500 e. The summed E-state index contributed by atoms with van der Waals surface area (Å²) in [6, 6.07) is 6.40. The minimum Gasteiger partial charge on any atom is -0.396 e. The molecule has 1 aromatic carbocycles. The summed E-state index contributed by atoms with van der Waals surface area (Å²) in [5.74, 6) is 0.325. The van der Waals surface area contributed by atoms with E-state index in [1.165, 1.54) is 16.8 Å². The van der Waals surface area contributed by atoms with Gasteiger partial charge in [-0.25, -0.2) is 0 Å². The van der Waals surface area contributed by atoms with E-state index in [9.17, 15) is 5.11 Å². The van der Waals surface area contributed by atoms with E-state index in [-0.39, 0.29) is 6.61 Å². The first-order valence-electron chi connectivity index (χ1n) is 5.65. The summed E-state index contributed by atoms with van der Waals surface area (Å²) in [6.45, 7) is 3.50. The third-order valence-electron chi connectivity index (χ3n) is 3.39. The van der Waals surface area contributed by atoms with Crippen molar-refractivity contribution in [1.82, 2.24) is 0 Å². The zero-order valence-corrected chi connectivity index (χ0v) is 9.53. The largest absolute Gasteiger partial charge is 0.396 e. The summed E-state index contributed by atoms with van der Waals surface area (Å²) in [7, 11) is 2.14. The normalized spacial score (nSPS) is 21.0. The maximum atomic E-state index is 9.45. The third-order valence-corrected chi connectivity index (χ3v) is 3.39. The van der Waals surface area contributed by atoms with Gasteiger partial charge in [-0.05, 0) is 37.0 Å². The standard InChI is InChI=1S/C13H19NO/c1-10-5-3-7-12-13(10)11(9-15)6-4-8-14(12)2/h3,5,7,11,15H,4,6,8-9H2,1-2H3. The summed E-state index contributed by atoms with van der Waals surface area (Å²) in [5.41, 5.74) is 3.95. The number of nitrogens with zero attached hydrogens (tertiary/aromatic N) is 1. The molecule has 82 valence electrons. The molecule has 0 fully saturated rings. The fraction of sp³-hybridized carbons (Fsp3) is 0.538. The van der Waals surface area contributed by atoms with Crippen LogP contribution in [0.3, 0.4) is 0 Å². The van der Waals surface area contributed by atoms with Crippen molar-refractivity contribution >= 4 is 5.69 Å². The van der Waals surface area contributed by atoms with Gasteiger partial charge in [0, 0.05) is 25.2 Å². The predicted molar refractivity (Wildman–Crippen MR) is 63.5 cm³/mol. The molecule has 0 radical (unpaired) electrons. The molecule has 2 rings (SSSR count). The van der Waals surface area contributed by atoms with Gasteiger partial charge in [-0.1, -0.05) is 12.1 Å². The van der Waals surface area contributed by atoms with Crippen molar-refractivity contribution in [2.24, 2.45) is 0 Å². The number of fused-ring (bicyclic) bond motifs is 1. The molecule has 1 unspecified atom stereocenters. The van der Waals surface area contributed by atoms with Gasteiger partial charge in [0.1, 0.15) is 0 Å². The van der Waals surface area contributed by atoms with E-state index in [0.29, 0.717) is 5.92 Å². The second-order valence-corrected chi connectivity index (χ2v) is 4.45. The number of rotatable bonds is 1. The maximum Gasteiger partial charge on any atom is 0.0500 e. The second kappa shape index (κ2) is 4.23. The van der Waals surface area contributed by atoms with Crippen LogP contribution in [0.1, 0.15) is 29.9 Å². The Morgan fingerprint density at radius 3 is 3.00 bits per heavy atom. The summed E-state index contributed by atoms with van der Waals surface area (Å²) >= 11 is 0. The summed E-state index contributed by atoms with van der Waals surface area (Å²) < 4.78 is 0. The molecule has 15 heavy (non-hydrogen) atoms. The number of hydrogen-bond donors (Lipinski definition) is 1. The number of aliphatic hydroxyl groups is 1. The summed E-state index contributed by atoms with van der Waals surface area (Å²) in [6.07, 6.45) is 2.26. The molecule has 1 aromatic rings. The van der Waals surface area contributed by atoms with Crippen molar-refractivity contribution in [3.8, 4) is 0 Å². The lowest BCUT2D eigenvalue weighted by Crippen LogP contribution is -2.18. The van der Waals surface area contributed by atoms with Gasteiger partial charge in [0.05, 0.1) is 6.61 Å². The number of aryl methyl sites for hydroxylation is 1. The van der Waals surface area contributed by atoms with Crippen molar-refractivity contribution in [2.75, 3.05) is 25.1 Å². The number of aliphatic hydroxyl groups excluding tert-OH is 1. The van der Waals surface area contributed by atoms with E-state index < -0.39 is 0 Å². The molecule has 1 aliphatic heterocycles. The predicted octanol–water partition coefficient (Wildman–Crippen LogP) is 2.30. The fourth-order valence-electron chi connectivity index (χ4n) is 2.55. The van der Waals surface area contributed by atoms with Crippen LogP contribution in [0, 0.1) is 6.92 Å². The second-order valence-electron chi connectivity index (χ2n) is 4.45. The fourth-order valence-corrected chi connectivity index (χ4v) is 2.55. The van der Waals surface area contributed by atoms with Crippen LogP contribution in [-0.4, -0.2) is 25.3 Å². The van der Waals surface area contributed by atoms with Crippen molar-refractivity contribution in [1.29, 1.82) is 0 Å². The molecule has 2 heteroatoms. The Morgan fingerprint density at radius 1 is 1.47 bits per heavy atom. The van der Waals surface area contributed by atoms with Crippen LogP contribution in [0.15, 0.2) is 18.2 Å². The van der Waals surface area contributed by atoms with E-state index >= 15 is 0 Å². The molecule has 0 aliphatic carbocycles. The highest BCUT2D eigenvalue weighted by atomic mass is 16.3. The minimum atomic E-state index is 0.270. The van der Waals surface area contributed by atoms with Crippen LogP contribution < -0.4 is 4.90 Å². The molecule has 0 spiro atoms. The van der Waals surface area contributed by atoms with Gasteiger partial charge in [-0.15, -0.1) is 0 Å². The van der Waals surface area contributed by atoms with Gasteiger partial charge >= 0.3 is 0 Å². The van der Waals surface area contributed by atoms with Gasteiger partial charge in [-0.3, -0.25) is 0 Å². The molecule has 1 atom stereocenters. The molecule has 1 aliphatic rings. The summed E-state index contributed by atoms with van der Waals surface area (Å²) in [5, 5.41) is 9.45. The third kappa shape index (κ3) is 1.86. The molecule has 0 saturated carbocycles. The SMILES string of the molecule is Cc1cccc2c1C(CO)CCCN2C. The molecule has 1 N–H and O–H groups in total. The Hall–Kier alpha value is -1.02. The molecular weight excluding hydrogens is 186 g/mol. The Labute approximate surface area is 91.5 Å². The Bertz CT molecular complexity index is 348. The maximum absolute atomic E-state index is 9.45.